The van der Waals surface area contributed by atoms with Crippen LogP contribution in [0.4, 0.5) is 5.69 Å². The van der Waals surface area contributed by atoms with E-state index in [0.717, 1.165) is 38.0 Å². The van der Waals surface area contributed by atoms with Crippen molar-refractivity contribution >= 4 is 11.6 Å². The Bertz CT molecular complexity index is 773. The Labute approximate surface area is 154 Å². The van der Waals surface area contributed by atoms with Gasteiger partial charge in [-0.3, -0.25) is 4.79 Å². The molecule has 4 nitrogen and oxygen atoms in total. The number of fused-ring (bicyclic) bond motifs is 1. The van der Waals surface area contributed by atoms with Gasteiger partial charge in [-0.25, -0.2) is 0 Å². The Hall–Kier alpha value is -2.33. The second-order valence-electron chi connectivity index (χ2n) is 7.55. The minimum absolute atomic E-state index is 0.0169. The van der Waals surface area contributed by atoms with Crippen molar-refractivity contribution in [2.75, 3.05) is 4.90 Å². The number of aliphatic hydroxyl groups is 1. The van der Waals surface area contributed by atoms with E-state index in [1.54, 1.807) is 0 Å². The van der Waals surface area contributed by atoms with E-state index in [9.17, 15) is 9.90 Å². The van der Waals surface area contributed by atoms with Gasteiger partial charge in [0.25, 0.3) is 5.91 Å². The maximum Gasteiger partial charge on any atom is 0.251 e. The van der Waals surface area contributed by atoms with E-state index in [4.69, 9.17) is 0 Å². The highest BCUT2D eigenvalue weighted by molar-refractivity contribution is 5.95. The topological polar surface area (TPSA) is 52.6 Å². The van der Waals surface area contributed by atoms with Crippen LogP contribution in [0.5, 0.6) is 0 Å². The SMILES string of the molecule is CC[C@H](NC(=O)c1cccc(N2Cc3ccccc3C2)c1)C1CC(O)C1. The molecular weight excluding hydrogens is 324 g/mol. The molecule has 2 aliphatic rings. The van der Waals surface area contributed by atoms with Crippen LogP contribution >= 0.6 is 0 Å². The van der Waals surface area contributed by atoms with Crippen molar-refractivity contribution in [3.05, 3.63) is 65.2 Å². The van der Waals surface area contributed by atoms with Crippen LogP contribution in [0.3, 0.4) is 0 Å². The molecule has 1 amide bonds. The first kappa shape index (κ1) is 17.1. The van der Waals surface area contributed by atoms with Gasteiger partial charge < -0.3 is 15.3 Å². The first-order valence-corrected chi connectivity index (χ1v) is 9.54. The van der Waals surface area contributed by atoms with Crippen LogP contribution in [-0.2, 0) is 13.1 Å². The zero-order chi connectivity index (χ0) is 18.1. The van der Waals surface area contributed by atoms with Crippen LogP contribution < -0.4 is 10.2 Å². The lowest BCUT2D eigenvalue weighted by atomic mass is 9.76. The van der Waals surface area contributed by atoms with Crippen molar-refractivity contribution < 1.29 is 9.90 Å². The molecule has 1 fully saturated rings. The molecule has 136 valence electrons. The number of hydrogen-bond acceptors (Lipinski definition) is 3. The number of carbonyl (C=O) groups is 1. The van der Waals surface area contributed by atoms with Gasteiger partial charge in [0.1, 0.15) is 0 Å². The zero-order valence-corrected chi connectivity index (χ0v) is 15.2. The van der Waals surface area contributed by atoms with Gasteiger partial charge in [-0.1, -0.05) is 37.3 Å². The summed E-state index contributed by atoms with van der Waals surface area (Å²) in [6.07, 6.45) is 2.30. The Morgan fingerprint density at radius 2 is 1.85 bits per heavy atom. The van der Waals surface area contributed by atoms with Gasteiger partial charge in [0.05, 0.1) is 6.10 Å². The van der Waals surface area contributed by atoms with E-state index in [1.807, 2.05) is 18.2 Å². The standard InChI is InChI=1S/C22H26N2O2/c1-2-21(18-11-20(25)12-18)23-22(26)15-8-5-9-19(10-15)24-13-16-6-3-4-7-17(16)14-24/h3-10,18,20-21,25H,2,11-14H2,1H3,(H,23,26)/t18?,20?,21-/m0/s1. The molecule has 0 bridgehead atoms. The van der Waals surface area contributed by atoms with Gasteiger partial charge in [0.15, 0.2) is 0 Å². The summed E-state index contributed by atoms with van der Waals surface area (Å²) in [5.41, 5.74) is 4.51. The highest BCUT2D eigenvalue weighted by Gasteiger charge is 2.34. The predicted molar refractivity (Wildman–Crippen MR) is 103 cm³/mol. The predicted octanol–water partition coefficient (Wildman–Crippen LogP) is 3.49. The summed E-state index contributed by atoms with van der Waals surface area (Å²) in [5.74, 6) is 0.381. The fraction of sp³-hybridized carbons (Fsp3) is 0.409. The van der Waals surface area contributed by atoms with Crippen molar-refractivity contribution in [1.82, 2.24) is 5.32 Å². The minimum Gasteiger partial charge on any atom is -0.393 e. The number of amides is 1. The number of benzene rings is 2. The summed E-state index contributed by atoms with van der Waals surface area (Å²) < 4.78 is 0. The molecule has 2 aromatic carbocycles. The summed E-state index contributed by atoms with van der Waals surface area (Å²) in [6, 6.07) is 16.5. The molecular formula is C22H26N2O2. The Balaban J connectivity index is 1.45. The Kier molecular flexibility index (Phi) is 4.68. The molecule has 1 aliphatic carbocycles. The Morgan fingerprint density at radius 1 is 1.15 bits per heavy atom. The quantitative estimate of drug-likeness (QED) is 0.868. The summed E-state index contributed by atoms with van der Waals surface area (Å²) in [6.45, 7) is 3.87. The van der Waals surface area contributed by atoms with Gasteiger partial charge in [-0.05, 0) is 54.5 Å². The molecule has 4 rings (SSSR count). The molecule has 1 heterocycles. The number of hydrogen-bond donors (Lipinski definition) is 2. The molecule has 2 aromatic rings. The molecule has 26 heavy (non-hydrogen) atoms. The highest BCUT2D eigenvalue weighted by atomic mass is 16.3. The maximum atomic E-state index is 12.7. The maximum absolute atomic E-state index is 12.7. The van der Waals surface area contributed by atoms with Gasteiger partial charge in [0.2, 0.25) is 0 Å². The van der Waals surface area contributed by atoms with Crippen molar-refractivity contribution in [3.63, 3.8) is 0 Å². The highest BCUT2D eigenvalue weighted by Crippen LogP contribution is 2.32. The van der Waals surface area contributed by atoms with E-state index in [1.165, 1.54) is 11.1 Å². The first-order valence-electron chi connectivity index (χ1n) is 9.54. The number of rotatable bonds is 5. The van der Waals surface area contributed by atoms with Crippen LogP contribution in [0.25, 0.3) is 0 Å². The molecule has 0 radical (unpaired) electrons. The third kappa shape index (κ3) is 3.34. The Morgan fingerprint density at radius 3 is 2.46 bits per heavy atom. The lowest BCUT2D eigenvalue weighted by molar-refractivity contribution is 0.0232. The average molecular weight is 350 g/mol. The fourth-order valence-electron chi connectivity index (χ4n) is 4.12. The molecule has 1 aliphatic heterocycles. The van der Waals surface area contributed by atoms with E-state index in [0.29, 0.717) is 11.5 Å². The summed E-state index contributed by atoms with van der Waals surface area (Å²) in [5, 5.41) is 12.7. The second kappa shape index (κ2) is 7.12. The minimum atomic E-state index is -0.189. The molecule has 1 atom stereocenters. The van der Waals surface area contributed by atoms with Crippen LogP contribution in [0.2, 0.25) is 0 Å². The van der Waals surface area contributed by atoms with E-state index < -0.39 is 0 Å². The number of carbonyl (C=O) groups excluding carboxylic acids is 1. The lowest BCUT2D eigenvalue weighted by Gasteiger charge is -2.37. The molecule has 0 spiro atoms. The summed E-state index contributed by atoms with van der Waals surface area (Å²) in [7, 11) is 0. The van der Waals surface area contributed by atoms with Crippen LogP contribution in [0.15, 0.2) is 48.5 Å². The van der Waals surface area contributed by atoms with Gasteiger partial charge >= 0.3 is 0 Å². The average Bonchev–Trinajstić information content (AvgIpc) is 3.08. The summed E-state index contributed by atoms with van der Waals surface area (Å²) in [4.78, 5) is 15.0. The van der Waals surface area contributed by atoms with Gasteiger partial charge in [-0.15, -0.1) is 0 Å². The normalized spacial score (nSPS) is 22.5. The monoisotopic (exact) mass is 350 g/mol. The zero-order valence-electron chi connectivity index (χ0n) is 15.2. The largest absolute Gasteiger partial charge is 0.393 e. The molecule has 2 N–H and O–H groups in total. The smallest absolute Gasteiger partial charge is 0.251 e. The number of nitrogens with zero attached hydrogens (tertiary/aromatic N) is 1. The van der Waals surface area contributed by atoms with E-state index in [-0.39, 0.29) is 18.1 Å². The van der Waals surface area contributed by atoms with Crippen LogP contribution in [0, 0.1) is 5.92 Å². The number of nitrogens with one attached hydrogen (secondary N) is 1. The van der Waals surface area contributed by atoms with E-state index in [2.05, 4.69) is 47.5 Å². The summed E-state index contributed by atoms with van der Waals surface area (Å²) >= 11 is 0. The van der Waals surface area contributed by atoms with Crippen molar-refractivity contribution in [2.45, 2.75) is 51.4 Å². The van der Waals surface area contributed by atoms with Crippen molar-refractivity contribution in [2.24, 2.45) is 5.92 Å². The van der Waals surface area contributed by atoms with Crippen LogP contribution in [0.1, 0.15) is 47.7 Å². The molecule has 4 heteroatoms. The van der Waals surface area contributed by atoms with E-state index >= 15 is 0 Å². The van der Waals surface area contributed by atoms with Gasteiger partial charge in [-0.2, -0.15) is 0 Å². The molecule has 0 aromatic heterocycles. The molecule has 0 unspecified atom stereocenters. The van der Waals surface area contributed by atoms with Crippen molar-refractivity contribution in [1.29, 1.82) is 0 Å². The van der Waals surface area contributed by atoms with Crippen LogP contribution in [-0.4, -0.2) is 23.2 Å². The number of aliphatic hydroxyl groups excluding tert-OH is 1. The third-order valence-corrected chi connectivity index (χ3v) is 5.79. The van der Waals surface area contributed by atoms with Crippen molar-refractivity contribution in [3.8, 4) is 0 Å². The fourth-order valence-corrected chi connectivity index (χ4v) is 4.12. The lowest BCUT2D eigenvalue weighted by Crippen LogP contribution is -2.46. The molecule has 0 saturated heterocycles. The first-order chi connectivity index (χ1) is 12.6. The second-order valence-corrected chi connectivity index (χ2v) is 7.55. The van der Waals surface area contributed by atoms with Gasteiger partial charge in [0, 0.05) is 30.4 Å². The molecule has 1 saturated carbocycles. The number of anilines is 1. The third-order valence-electron chi connectivity index (χ3n) is 5.79.